The Bertz CT molecular complexity index is 2950. The second kappa shape index (κ2) is 13.1. The fourth-order valence-electron chi connectivity index (χ4n) is 7.29. The van der Waals surface area contributed by atoms with Crippen molar-refractivity contribution in [3.8, 4) is 67.3 Å². The molecule has 0 aliphatic rings. The first-order valence-corrected chi connectivity index (χ1v) is 18.6. The standard InChI is InChI=1S/C49H31N3S/c1-2-12-33(13-3-1)49-51-45(37-16-8-15-35(26-37)38-17-10-24-50-31-38)30-46(52-49)41-28-39(36-23-22-32-11-4-5-14-34(32)25-36)27-40(29-41)42-19-9-20-44-43-18-6-7-21-47(43)53-48(42)44/h1-31H. The minimum atomic E-state index is 0.689. The summed E-state index contributed by atoms with van der Waals surface area (Å²) >= 11 is 1.86. The Hall–Kier alpha value is -6.75. The molecular weight excluding hydrogens is 663 g/mol. The van der Waals surface area contributed by atoms with Crippen LogP contribution < -0.4 is 0 Å². The Kier molecular flexibility index (Phi) is 7.67. The Morgan fingerprint density at radius 3 is 1.92 bits per heavy atom. The van der Waals surface area contributed by atoms with Gasteiger partial charge in [0.2, 0.25) is 0 Å². The maximum absolute atomic E-state index is 5.28. The van der Waals surface area contributed by atoms with Crippen molar-refractivity contribution in [1.82, 2.24) is 15.0 Å². The summed E-state index contributed by atoms with van der Waals surface area (Å²) in [5, 5.41) is 5.02. The van der Waals surface area contributed by atoms with E-state index in [1.54, 1.807) is 6.20 Å². The average molecular weight is 694 g/mol. The summed E-state index contributed by atoms with van der Waals surface area (Å²) in [6.07, 6.45) is 3.70. The Morgan fingerprint density at radius 2 is 1.04 bits per heavy atom. The molecule has 0 fully saturated rings. The number of benzene rings is 7. The largest absolute Gasteiger partial charge is 0.264 e. The van der Waals surface area contributed by atoms with Crippen molar-refractivity contribution in [2.24, 2.45) is 0 Å². The normalized spacial score (nSPS) is 11.4. The third-order valence-electron chi connectivity index (χ3n) is 9.94. The number of aromatic nitrogens is 3. The fourth-order valence-corrected chi connectivity index (χ4v) is 8.53. The van der Waals surface area contributed by atoms with Crippen LogP contribution in [0.15, 0.2) is 188 Å². The maximum atomic E-state index is 5.28. The Morgan fingerprint density at radius 1 is 0.377 bits per heavy atom. The SMILES string of the molecule is c1ccc(-c2nc(-c3cccc(-c4cccnc4)c3)cc(-c3cc(-c4ccc5ccccc5c4)cc(-c4cccc5c4sc4ccccc45)c3)n2)cc1. The highest BCUT2D eigenvalue weighted by Gasteiger charge is 2.16. The molecule has 3 heterocycles. The zero-order valence-corrected chi connectivity index (χ0v) is 29.5. The lowest BCUT2D eigenvalue weighted by molar-refractivity contribution is 1.18. The van der Waals surface area contributed by atoms with Crippen molar-refractivity contribution >= 4 is 42.3 Å². The highest BCUT2D eigenvalue weighted by Crippen LogP contribution is 2.42. The van der Waals surface area contributed by atoms with Crippen LogP contribution in [0.5, 0.6) is 0 Å². The molecule has 0 atom stereocenters. The van der Waals surface area contributed by atoms with Gasteiger partial charge < -0.3 is 0 Å². The van der Waals surface area contributed by atoms with E-state index in [0.717, 1.165) is 55.9 Å². The van der Waals surface area contributed by atoms with Gasteiger partial charge in [-0.2, -0.15) is 0 Å². The summed E-state index contributed by atoms with van der Waals surface area (Å²) in [6, 6.07) is 62.6. The van der Waals surface area contributed by atoms with Crippen LogP contribution in [0.25, 0.3) is 98.2 Å². The highest BCUT2D eigenvalue weighted by molar-refractivity contribution is 7.26. The minimum absolute atomic E-state index is 0.689. The van der Waals surface area contributed by atoms with Crippen LogP contribution in [0.2, 0.25) is 0 Å². The molecule has 4 heteroatoms. The molecule has 3 aromatic heterocycles. The van der Waals surface area contributed by atoms with Crippen molar-refractivity contribution in [3.05, 3.63) is 188 Å². The van der Waals surface area contributed by atoms with E-state index < -0.39 is 0 Å². The van der Waals surface area contributed by atoms with Crippen LogP contribution in [-0.4, -0.2) is 15.0 Å². The van der Waals surface area contributed by atoms with Crippen LogP contribution in [0.4, 0.5) is 0 Å². The molecule has 3 nitrogen and oxygen atoms in total. The van der Waals surface area contributed by atoms with E-state index in [0.29, 0.717) is 5.82 Å². The molecule has 248 valence electrons. The van der Waals surface area contributed by atoms with Gasteiger partial charge in [0.1, 0.15) is 0 Å². The van der Waals surface area contributed by atoms with Gasteiger partial charge in [0.05, 0.1) is 11.4 Å². The van der Waals surface area contributed by atoms with E-state index >= 15 is 0 Å². The molecule has 0 unspecified atom stereocenters. The predicted octanol–water partition coefficient (Wildman–Crippen LogP) is 13.4. The van der Waals surface area contributed by atoms with Crippen LogP contribution in [0.1, 0.15) is 0 Å². The number of thiophene rings is 1. The number of hydrogen-bond donors (Lipinski definition) is 0. The summed E-state index contributed by atoms with van der Waals surface area (Å²) in [6.45, 7) is 0. The fraction of sp³-hybridized carbons (Fsp3) is 0. The van der Waals surface area contributed by atoms with E-state index in [1.807, 2.05) is 41.8 Å². The molecular formula is C49H31N3S. The van der Waals surface area contributed by atoms with E-state index in [9.17, 15) is 0 Å². The number of nitrogens with zero attached hydrogens (tertiary/aromatic N) is 3. The summed E-state index contributed by atoms with van der Waals surface area (Å²) in [4.78, 5) is 14.8. The number of fused-ring (bicyclic) bond motifs is 4. The van der Waals surface area contributed by atoms with Crippen LogP contribution in [0, 0.1) is 0 Å². The van der Waals surface area contributed by atoms with Gasteiger partial charge in [-0.05, 0) is 87.1 Å². The molecule has 0 bridgehead atoms. The van der Waals surface area contributed by atoms with E-state index in [-0.39, 0.29) is 0 Å². The van der Waals surface area contributed by atoms with Gasteiger partial charge in [-0.25, -0.2) is 9.97 Å². The van der Waals surface area contributed by atoms with Crippen molar-refractivity contribution in [1.29, 1.82) is 0 Å². The molecule has 0 aliphatic heterocycles. The topological polar surface area (TPSA) is 38.7 Å². The van der Waals surface area contributed by atoms with E-state index in [4.69, 9.17) is 9.97 Å². The molecule has 0 N–H and O–H groups in total. The minimum Gasteiger partial charge on any atom is -0.264 e. The molecule has 10 rings (SSSR count). The maximum Gasteiger partial charge on any atom is 0.160 e. The summed E-state index contributed by atoms with van der Waals surface area (Å²) < 4.78 is 2.58. The summed E-state index contributed by atoms with van der Waals surface area (Å²) in [7, 11) is 0. The van der Waals surface area contributed by atoms with Gasteiger partial charge in [0, 0.05) is 54.8 Å². The summed E-state index contributed by atoms with van der Waals surface area (Å²) in [5.74, 6) is 0.689. The smallest absolute Gasteiger partial charge is 0.160 e. The number of hydrogen-bond acceptors (Lipinski definition) is 4. The first-order valence-electron chi connectivity index (χ1n) is 17.7. The Balaban J connectivity index is 1.21. The first kappa shape index (κ1) is 31.0. The first-order chi connectivity index (χ1) is 26.2. The number of rotatable bonds is 6. The Labute approximate surface area is 311 Å². The lowest BCUT2D eigenvalue weighted by Gasteiger charge is -2.14. The molecule has 0 saturated heterocycles. The van der Waals surface area contributed by atoms with Crippen molar-refractivity contribution < 1.29 is 0 Å². The number of pyridine rings is 1. The zero-order chi connectivity index (χ0) is 35.1. The lowest BCUT2D eigenvalue weighted by atomic mass is 9.93. The molecule has 10 aromatic rings. The predicted molar refractivity (Wildman–Crippen MR) is 223 cm³/mol. The molecule has 7 aromatic carbocycles. The van der Waals surface area contributed by atoms with Crippen molar-refractivity contribution in [2.75, 3.05) is 0 Å². The van der Waals surface area contributed by atoms with Crippen molar-refractivity contribution in [3.63, 3.8) is 0 Å². The van der Waals surface area contributed by atoms with Gasteiger partial charge in [-0.1, -0.05) is 127 Å². The second-order valence-electron chi connectivity index (χ2n) is 13.3. The summed E-state index contributed by atoms with van der Waals surface area (Å²) in [5.41, 5.74) is 11.6. The van der Waals surface area contributed by atoms with Crippen molar-refractivity contribution in [2.45, 2.75) is 0 Å². The third-order valence-corrected chi connectivity index (χ3v) is 11.2. The molecule has 0 radical (unpaired) electrons. The monoisotopic (exact) mass is 693 g/mol. The van der Waals surface area contributed by atoms with Gasteiger partial charge in [0.25, 0.3) is 0 Å². The molecule has 0 amide bonds. The molecule has 53 heavy (non-hydrogen) atoms. The molecule has 0 aliphatic carbocycles. The quantitative estimate of drug-likeness (QED) is 0.174. The van der Waals surface area contributed by atoms with E-state index in [1.165, 1.54) is 36.5 Å². The molecule has 0 spiro atoms. The zero-order valence-electron chi connectivity index (χ0n) is 28.6. The van der Waals surface area contributed by atoms with Crippen LogP contribution >= 0.6 is 11.3 Å². The van der Waals surface area contributed by atoms with Gasteiger partial charge in [-0.15, -0.1) is 11.3 Å². The average Bonchev–Trinajstić information content (AvgIpc) is 3.63. The molecule has 0 saturated carbocycles. The van der Waals surface area contributed by atoms with E-state index in [2.05, 4.69) is 157 Å². The van der Waals surface area contributed by atoms with Crippen LogP contribution in [-0.2, 0) is 0 Å². The second-order valence-corrected chi connectivity index (χ2v) is 14.3. The lowest BCUT2D eigenvalue weighted by Crippen LogP contribution is -1.97. The third kappa shape index (κ3) is 5.85. The highest BCUT2D eigenvalue weighted by atomic mass is 32.1. The van der Waals surface area contributed by atoms with Crippen LogP contribution in [0.3, 0.4) is 0 Å². The van der Waals surface area contributed by atoms with Gasteiger partial charge >= 0.3 is 0 Å². The van der Waals surface area contributed by atoms with Gasteiger partial charge in [0.15, 0.2) is 5.82 Å². The van der Waals surface area contributed by atoms with Gasteiger partial charge in [-0.3, -0.25) is 4.98 Å².